The molecule has 9 heteroatoms. The van der Waals surface area contributed by atoms with Gasteiger partial charge in [0, 0.05) is 6.42 Å². The molecular weight excluding hydrogens is 299 g/mol. The van der Waals surface area contributed by atoms with Crippen LogP contribution in [0.3, 0.4) is 0 Å². The van der Waals surface area contributed by atoms with Gasteiger partial charge in [-0.25, -0.2) is 15.0 Å². The Kier molecular flexibility index (Phi) is 2.45. The molecule has 0 unspecified atom stereocenters. The summed E-state index contributed by atoms with van der Waals surface area (Å²) in [7, 11) is 0. The molecule has 22 heavy (non-hydrogen) atoms. The SMILES string of the molecule is Cc1nc2c3c(nc(-c4ccco4)n2n1)CC(C(F)(F)F)=N3. The van der Waals surface area contributed by atoms with Crippen molar-refractivity contribution in [1.29, 1.82) is 0 Å². The fourth-order valence-electron chi connectivity index (χ4n) is 2.37. The van der Waals surface area contributed by atoms with Crippen molar-refractivity contribution in [2.45, 2.75) is 19.5 Å². The third-order valence-electron chi connectivity index (χ3n) is 3.29. The molecule has 0 bridgehead atoms. The van der Waals surface area contributed by atoms with Gasteiger partial charge in [0.05, 0.1) is 12.0 Å². The Morgan fingerprint density at radius 2 is 2.09 bits per heavy atom. The predicted molar refractivity (Wildman–Crippen MR) is 70.1 cm³/mol. The van der Waals surface area contributed by atoms with Crippen molar-refractivity contribution in [3.05, 3.63) is 29.9 Å². The number of alkyl halides is 3. The van der Waals surface area contributed by atoms with Gasteiger partial charge >= 0.3 is 6.18 Å². The number of aryl methyl sites for hydroxylation is 1. The van der Waals surface area contributed by atoms with Crippen LogP contribution in [0.1, 0.15) is 11.5 Å². The summed E-state index contributed by atoms with van der Waals surface area (Å²) in [5, 5.41) is 4.17. The average molecular weight is 307 g/mol. The summed E-state index contributed by atoms with van der Waals surface area (Å²) in [6, 6.07) is 3.32. The molecular formula is C13H8F3N5O. The second-order valence-electron chi connectivity index (χ2n) is 4.84. The van der Waals surface area contributed by atoms with E-state index in [1.54, 1.807) is 19.1 Å². The van der Waals surface area contributed by atoms with Crippen LogP contribution in [0, 0.1) is 6.92 Å². The predicted octanol–water partition coefficient (Wildman–Crippen LogP) is 2.88. The van der Waals surface area contributed by atoms with Gasteiger partial charge in [0.15, 0.2) is 17.2 Å². The summed E-state index contributed by atoms with van der Waals surface area (Å²) < 4.78 is 45.3. The van der Waals surface area contributed by atoms with E-state index in [-0.39, 0.29) is 23.4 Å². The van der Waals surface area contributed by atoms with Crippen molar-refractivity contribution in [2.24, 2.45) is 4.99 Å². The molecule has 4 heterocycles. The zero-order valence-electron chi connectivity index (χ0n) is 11.2. The summed E-state index contributed by atoms with van der Waals surface area (Å²) in [4.78, 5) is 12.1. The van der Waals surface area contributed by atoms with Gasteiger partial charge in [0.1, 0.15) is 17.2 Å². The normalized spacial score (nSPS) is 14.5. The Balaban J connectivity index is 1.99. The maximum Gasteiger partial charge on any atom is 0.429 e. The monoisotopic (exact) mass is 307 g/mol. The second-order valence-corrected chi connectivity index (χ2v) is 4.84. The van der Waals surface area contributed by atoms with E-state index in [1.165, 1.54) is 10.8 Å². The topological polar surface area (TPSA) is 68.6 Å². The molecule has 1 aliphatic heterocycles. The van der Waals surface area contributed by atoms with Gasteiger partial charge < -0.3 is 4.42 Å². The first kappa shape index (κ1) is 13.0. The first-order chi connectivity index (χ1) is 10.4. The molecule has 0 N–H and O–H groups in total. The van der Waals surface area contributed by atoms with Gasteiger partial charge in [-0.15, -0.1) is 5.10 Å². The van der Waals surface area contributed by atoms with Crippen LogP contribution in [-0.4, -0.2) is 31.5 Å². The fourth-order valence-corrected chi connectivity index (χ4v) is 2.37. The van der Waals surface area contributed by atoms with Gasteiger partial charge in [-0.3, -0.25) is 0 Å². The van der Waals surface area contributed by atoms with Gasteiger partial charge in [-0.2, -0.15) is 17.7 Å². The molecule has 3 aromatic heterocycles. The molecule has 0 atom stereocenters. The smallest absolute Gasteiger partial charge is 0.429 e. The Morgan fingerprint density at radius 1 is 1.27 bits per heavy atom. The van der Waals surface area contributed by atoms with Crippen molar-refractivity contribution in [3.63, 3.8) is 0 Å². The van der Waals surface area contributed by atoms with Gasteiger partial charge in [0.2, 0.25) is 0 Å². The lowest BCUT2D eigenvalue weighted by Gasteiger charge is -2.04. The van der Waals surface area contributed by atoms with Gasteiger partial charge in [-0.05, 0) is 19.1 Å². The Bertz CT molecular complexity index is 908. The summed E-state index contributed by atoms with van der Waals surface area (Å²) in [6.45, 7) is 1.65. The number of hydrogen-bond acceptors (Lipinski definition) is 5. The number of fused-ring (bicyclic) bond motifs is 3. The summed E-state index contributed by atoms with van der Waals surface area (Å²) in [6.07, 6.45) is -3.41. The van der Waals surface area contributed by atoms with Gasteiger partial charge in [-0.1, -0.05) is 0 Å². The van der Waals surface area contributed by atoms with Crippen LogP contribution < -0.4 is 0 Å². The number of aliphatic imine (C=N–C) groups is 1. The molecule has 0 radical (unpaired) electrons. The minimum atomic E-state index is -4.49. The zero-order valence-corrected chi connectivity index (χ0v) is 11.2. The summed E-state index contributed by atoms with van der Waals surface area (Å²) in [5.41, 5.74) is -0.302. The number of hydrogen-bond donors (Lipinski definition) is 0. The van der Waals surface area contributed by atoms with E-state index < -0.39 is 11.9 Å². The average Bonchev–Trinajstić information content (AvgIpc) is 3.14. The second kappa shape index (κ2) is 4.15. The number of nitrogens with zero attached hydrogens (tertiary/aromatic N) is 5. The highest BCUT2D eigenvalue weighted by molar-refractivity contribution is 5.99. The number of furan rings is 1. The third-order valence-corrected chi connectivity index (χ3v) is 3.29. The van der Waals surface area contributed by atoms with E-state index in [9.17, 15) is 13.2 Å². The molecule has 0 aromatic carbocycles. The molecule has 112 valence electrons. The lowest BCUT2D eigenvalue weighted by Crippen LogP contribution is -2.22. The van der Waals surface area contributed by atoms with E-state index in [1.807, 2.05) is 0 Å². The van der Waals surface area contributed by atoms with E-state index in [2.05, 4.69) is 20.1 Å². The fraction of sp³-hybridized carbons (Fsp3) is 0.231. The lowest BCUT2D eigenvalue weighted by atomic mass is 10.2. The first-order valence-corrected chi connectivity index (χ1v) is 6.38. The molecule has 0 aliphatic carbocycles. The molecule has 0 amide bonds. The van der Waals surface area contributed by atoms with Crippen LogP contribution in [0.5, 0.6) is 0 Å². The van der Waals surface area contributed by atoms with Crippen molar-refractivity contribution < 1.29 is 17.6 Å². The van der Waals surface area contributed by atoms with E-state index >= 15 is 0 Å². The Labute approximate surface area is 121 Å². The highest BCUT2D eigenvalue weighted by Gasteiger charge is 2.40. The van der Waals surface area contributed by atoms with Crippen LogP contribution in [-0.2, 0) is 6.42 Å². The van der Waals surface area contributed by atoms with Crippen molar-refractivity contribution in [1.82, 2.24) is 19.6 Å². The number of rotatable bonds is 1. The quantitative estimate of drug-likeness (QED) is 0.693. The van der Waals surface area contributed by atoms with Crippen LogP contribution in [0.25, 0.3) is 17.2 Å². The Hall–Kier alpha value is -2.71. The molecule has 1 aliphatic rings. The highest BCUT2D eigenvalue weighted by atomic mass is 19.4. The third kappa shape index (κ3) is 1.81. The maximum atomic E-state index is 12.9. The van der Waals surface area contributed by atoms with E-state index in [0.29, 0.717) is 17.4 Å². The van der Waals surface area contributed by atoms with Crippen LogP contribution in [0.4, 0.5) is 18.9 Å². The maximum absolute atomic E-state index is 12.9. The minimum Gasteiger partial charge on any atom is -0.461 e. The zero-order chi connectivity index (χ0) is 15.5. The molecule has 6 nitrogen and oxygen atoms in total. The number of aromatic nitrogens is 4. The highest BCUT2D eigenvalue weighted by Crippen LogP contribution is 2.36. The summed E-state index contributed by atoms with van der Waals surface area (Å²) >= 11 is 0. The number of halogens is 3. The first-order valence-electron chi connectivity index (χ1n) is 6.38. The van der Waals surface area contributed by atoms with Crippen molar-refractivity contribution in [2.75, 3.05) is 0 Å². The van der Waals surface area contributed by atoms with Crippen LogP contribution >= 0.6 is 0 Å². The van der Waals surface area contributed by atoms with Crippen LogP contribution in [0.15, 0.2) is 27.8 Å². The molecule has 0 fully saturated rings. The Morgan fingerprint density at radius 3 is 2.77 bits per heavy atom. The van der Waals surface area contributed by atoms with Crippen LogP contribution in [0.2, 0.25) is 0 Å². The minimum absolute atomic E-state index is 0.114. The molecule has 3 aromatic rings. The lowest BCUT2D eigenvalue weighted by molar-refractivity contribution is -0.0597. The summed E-state index contributed by atoms with van der Waals surface area (Å²) in [5.74, 6) is 1.12. The van der Waals surface area contributed by atoms with Gasteiger partial charge in [0.25, 0.3) is 0 Å². The molecule has 0 saturated heterocycles. The standard InChI is InChI=1S/C13H8F3N5O/c1-6-17-12-10-7(5-9(19-10)13(14,15)16)18-11(21(12)20-6)8-3-2-4-22-8/h2-4H,5H2,1H3. The molecule has 0 spiro atoms. The van der Waals surface area contributed by atoms with Crippen molar-refractivity contribution >= 4 is 17.0 Å². The molecule has 4 rings (SSSR count). The largest absolute Gasteiger partial charge is 0.461 e. The van der Waals surface area contributed by atoms with Crippen molar-refractivity contribution in [3.8, 4) is 11.6 Å². The van der Waals surface area contributed by atoms with E-state index in [4.69, 9.17) is 4.42 Å². The van der Waals surface area contributed by atoms with E-state index in [0.717, 1.165) is 0 Å². The molecule has 0 saturated carbocycles.